The maximum atomic E-state index is 12.2. The minimum Gasteiger partial charge on any atom is -0.395 e. The van der Waals surface area contributed by atoms with Crippen LogP contribution in [0, 0.1) is 0 Å². The van der Waals surface area contributed by atoms with Gasteiger partial charge in [0.15, 0.2) is 0 Å². The van der Waals surface area contributed by atoms with E-state index in [4.69, 9.17) is 5.11 Å². The molecule has 2 N–H and O–H groups in total. The van der Waals surface area contributed by atoms with Crippen LogP contribution in [0.5, 0.6) is 0 Å². The van der Waals surface area contributed by atoms with E-state index < -0.39 is 0 Å². The molecule has 4 heteroatoms. The second-order valence-corrected chi connectivity index (χ2v) is 6.21. The van der Waals surface area contributed by atoms with E-state index in [2.05, 4.69) is 26.1 Å². The number of hydrogen-bond donors (Lipinski definition) is 2. The monoisotopic (exact) mass is 256 g/mol. The Labute approximate surface area is 111 Å². The van der Waals surface area contributed by atoms with Gasteiger partial charge in [-0.1, -0.05) is 19.3 Å². The molecule has 0 radical (unpaired) electrons. The van der Waals surface area contributed by atoms with Crippen molar-refractivity contribution >= 4 is 5.91 Å². The Morgan fingerprint density at radius 2 is 1.89 bits per heavy atom. The lowest BCUT2D eigenvalue weighted by molar-refractivity contribution is -0.134. The van der Waals surface area contributed by atoms with Crippen molar-refractivity contribution < 1.29 is 9.90 Å². The van der Waals surface area contributed by atoms with Gasteiger partial charge in [-0.05, 0) is 33.6 Å². The molecule has 0 spiro atoms. The zero-order valence-corrected chi connectivity index (χ0v) is 12.0. The average molecular weight is 256 g/mol. The van der Waals surface area contributed by atoms with Gasteiger partial charge in [-0.2, -0.15) is 0 Å². The maximum Gasteiger partial charge on any atom is 0.236 e. The van der Waals surface area contributed by atoms with Crippen molar-refractivity contribution in [1.82, 2.24) is 10.2 Å². The highest BCUT2D eigenvalue weighted by Crippen LogP contribution is 2.22. The molecule has 1 aliphatic carbocycles. The number of amides is 1. The van der Waals surface area contributed by atoms with Crippen molar-refractivity contribution in [3.8, 4) is 0 Å². The van der Waals surface area contributed by atoms with Crippen LogP contribution in [0.3, 0.4) is 0 Å². The van der Waals surface area contributed by atoms with E-state index >= 15 is 0 Å². The van der Waals surface area contributed by atoms with Crippen molar-refractivity contribution in [2.24, 2.45) is 0 Å². The van der Waals surface area contributed by atoms with Crippen LogP contribution in [0.15, 0.2) is 0 Å². The van der Waals surface area contributed by atoms with Gasteiger partial charge in [0.2, 0.25) is 5.91 Å². The van der Waals surface area contributed by atoms with E-state index in [0.717, 1.165) is 12.8 Å². The van der Waals surface area contributed by atoms with Crippen molar-refractivity contribution in [2.45, 2.75) is 64.5 Å². The summed E-state index contributed by atoms with van der Waals surface area (Å²) in [6, 6.07) is 0.333. The quantitative estimate of drug-likeness (QED) is 0.784. The minimum atomic E-state index is -0.0485. The summed E-state index contributed by atoms with van der Waals surface area (Å²) in [4.78, 5) is 14.1. The number of nitrogens with zero attached hydrogens (tertiary/aromatic N) is 1. The summed E-state index contributed by atoms with van der Waals surface area (Å²) in [5.74, 6) is 0.117. The molecule has 0 heterocycles. The number of hydrogen-bond acceptors (Lipinski definition) is 3. The first-order valence-electron chi connectivity index (χ1n) is 7.09. The largest absolute Gasteiger partial charge is 0.395 e. The van der Waals surface area contributed by atoms with E-state index in [0.29, 0.717) is 19.1 Å². The van der Waals surface area contributed by atoms with Gasteiger partial charge in [0.1, 0.15) is 0 Å². The van der Waals surface area contributed by atoms with Crippen LogP contribution >= 0.6 is 0 Å². The van der Waals surface area contributed by atoms with Gasteiger partial charge in [0.25, 0.3) is 0 Å². The average Bonchev–Trinajstić information content (AvgIpc) is 2.33. The van der Waals surface area contributed by atoms with Crippen LogP contribution in [0.1, 0.15) is 52.9 Å². The van der Waals surface area contributed by atoms with Crippen LogP contribution < -0.4 is 5.32 Å². The molecule has 1 aliphatic rings. The summed E-state index contributed by atoms with van der Waals surface area (Å²) in [6.07, 6.45) is 5.85. The van der Waals surface area contributed by atoms with Gasteiger partial charge in [0.05, 0.1) is 13.2 Å². The number of carbonyl (C=O) groups excluding carboxylic acids is 1. The van der Waals surface area contributed by atoms with Crippen LogP contribution in [0.4, 0.5) is 0 Å². The molecule has 0 saturated heterocycles. The molecule has 1 amide bonds. The molecule has 18 heavy (non-hydrogen) atoms. The van der Waals surface area contributed by atoms with Gasteiger partial charge in [-0.25, -0.2) is 0 Å². The molecule has 0 aromatic carbocycles. The molecule has 0 aliphatic heterocycles. The summed E-state index contributed by atoms with van der Waals surface area (Å²) < 4.78 is 0. The van der Waals surface area contributed by atoms with E-state index in [1.165, 1.54) is 19.3 Å². The fourth-order valence-corrected chi connectivity index (χ4v) is 2.45. The highest BCUT2D eigenvalue weighted by atomic mass is 16.3. The van der Waals surface area contributed by atoms with E-state index in [1.54, 1.807) is 0 Å². The topological polar surface area (TPSA) is 52.6 Å². The van der Waals surface area contributed by atoms with Crippen LogP contribution in [-0.2, 0) is 4.79 Å². The third kappa shape index (κ3) is 5.36. The summed E-state index contributed by atoms with van der Waals surface area (Å²) in [7, 11) is 0. The zero-order chi connectivity index (χ0) is 13.6. The fraction of sp³-hybridized carbons (Fsp3) is 0.929. The fourth-order valence-electron chi connectivity index (χ4n) is 2.45. The minimum absolute atomic E-state index is 0.0485. The molecule has 0 unspecified atom stereocenters. The Bertz CT molecular complexity index is 255. The Morgan fingerprint density at radius 3 is 2.39 bits per heavy atom. The third-order valence-corrected chi connectivity index (χ3v) is 3.45. The number of aliphatic hydroxyl groups excluding tert-OH is 1. The van der Waals surface area contributed by atoms with Crippen molar-refractivity contribution in [3.63, 3.8) is 0 Å². The van der Waals surface area contributed by atoms with E-state index in [1.807, 2.05) is 4.90 Å². The molecule has 0 aromatic heterocycles. The number of aliphatic hydroxyl groups is 1. The zero-order valence-electron chi connectivity index (χ0n) is 12.0. The van der Waals surface area contributed by atoms with Gasteiger partial charge in [-0.3, -0.25) is 4.79 Å². The van der Waals surface area contributed by atoms with Crippen molar-refractivity contribution in [1.29, 1.82) is 0 Å². The molecule has 0 atom stereocenters. The summed E-state index contributed by atoms with van der Waals surface area (Å²) >= 11 is 0. The van der Waals surface area contributed by atoms with Crippen LogP contribution in [-0.4, -0.2) is 47.2 Å². The second kappa shape index (κ2) is 7.10. The van der Waals surface area contributed by atoms with Gasteiger partial charge in [-0.15, -0.1) is 0 Å². The highest BCUT2D eigenvalue weighted by Gasteiger charge is 2.25. The first-order chi connectivity index (χ1) is 8.44. The predicted octanol–water partition coefficient (Wildman–Crippen LogP) is 1.53. The van der Waals surface area contributed by atoms with Gasteiger partial charge in [0, 0.05) is 18.1 Å². The summed E-state index contributed by atoms with van der Waals surface area (Å²) in [5, 5.41) is 12.4. The highest BCUT2D eigenvalue weighted by molar-refractivity contribution is 5.78. The normalized spacial score (nSPS) is 17.8. The second-order valence-electron chi connectivity index (χ2n) is 6.21. The summed E-state index contributed by atoms with van der Waals surface area (Å²) in [6.45, 7) is 7.04. The Kier molecular flexibility index (Phi) is 6.09. The number of rotatable bonds is 5. The molecule has 0 aromatic rings. The first kappa shape index (κ1) is 15.4. The number of carbonyl (C=O) groups is 1. The Hall–Kier alpha value is -0.610. The van der Waals surface area contributed by atoms with E-state index in [-0.39, 0.29) is 18.1 Å². The predicted molar refractivity (Wildman–Crippen MR) is 73.4 cm³/mol. The van der Waals surface area contributed by atoms with Gasteiger partial charge >= 0.3 is 0 Å². The maximum absolute atomic E-state index is 12.2. The third-order valence-electron chi connectivity index (χ3n) is 3.45. The van der Waals surface area contributed by atoms with Gasteiger partial charge < -0.3 is 15.3 Å². The smallest absolute Gasteiger partial charge is 0.236 e. The standard InChI is InChI=1S/C14H28N2O2/c1-14(2,3)15-11-13(18)16(9-10-17)12-7-5-4-6-8-12/h12,15,17H,4-11H2,1-3H3. The lowest BCUT2D eigenvalue weighted by Crippen LogP contribution is -2.49. The molecule has 1 fully saturated rings. The Balaban J connectivity index is 2.51. The molecule has 1 saturated carbocycles. The lowest BCUT2D eigenvalue weighted by Gasteiger charge is -2.35. The Morgan fingerprint density at radius 1 is 1.28 bits per heavy atom. The van der Waals surface area contributed by atoms with Crippen molar-refractivity contribution in [2.75, 3.05) is 19.7 Å². The first-order valence-corrected chi connectivity index (χ1v) is 7.09. The molecule has 4 nitrogen and oxygen atoms in total. The molecular formula is C14H28N2O2. The van der Waals surface area contributed by atoms with Crippen molar-refractivity contribution in [3.05, 3.63) is 0 Å². The molecule has 0 bridgehead atoms. The molecule has 1 rings (SSSR count). The molecule has 106 valence electrons. The SMILES string of the molecule is CC(C)(C)NCC(=O)N(CCO)C1CCCCC1. The van der Waals surface area contributed by atoms with Crippen LogP contribution in [0.2, 0.25) is 0 Å². The van der Waals surface area contributed by atoms with E-state index in [9.17, 15) is 4.79 Å². The lowest BCUT2D eigenvalue weighted by atomic mass is 9.94. The van der Waals surface area contributed by atoms with Crippen LogP contribution in [0.25, 0.3) is 0 Å². The molecular weight excluding hydrogens is 228 g/mol. The number of nitrogens with one attached hydrogen (secondary N) is 1. The summed E-state index contributed by atoms with van der Waals surface area (Å²) in [5.41, 5.74) is -0.0485.